The number of anilines is 1. The third kappa shape index (κ3) is 3.26. The summed E-state index contributed by atoms with van der Waals surface area (Å²) in [6.45, 7) is 2.75. The van der Waals surface area contributed by atoms with E-state index in [2.05, 4.69) is 22.5 Å². The van der Waals surface area contributed by atoms with Crippen LogP contribution >= 0.6 is 11.6 Å². The highest BCUT2D eigenvalue weighted by molar-refractivity contribution is 6.31. The van der Waals surface area contributed by atoms with Gasteiger partial charge in [0.25, 0.3) is 0 Å². The first kappa shape index (κ1) is 13.7. The summed E-state index contributed by atoms with van der Waals surface area (Å²) >= 11 is 6.15. The van der Waals surface area contributed by atoms with Crippen LogP contribution in [-0.4, -0.2) is 9.78 Å². The van der Waals surface area contributed by atoms with Crippen molar-refractivity contribution in [3.05, 3.63) is 77.1 Å². The molecule has 2 aromatic carbocycles. The van der Waals surface area contributed by atoms with Gasteiger partial charge >= 0.3 is 0 Å². The lowest BCUT2D eigenvalue weighted by atomic mass is 10.1. The molecule has 0 saturated heterocycles. The molecule has 21 heavy (non-hydrogen) atoms. The van der Waals surface area contributed by atoms with Gasteiger partial charge in [0.2, 0.25) is 0 Å². The number of hydrogen-bond donors (Lipinski definition) is 1. The molecule has 0 unspecified atom stereocenters. The summed E-state index contributed by atoms with van der Waals surface area (Å²) in [7, 11) is 0. The second kappa shape index (κ2) is 6.02. The Labute approximate surface area is 129 Å². The molecule has 0 spiro atoms. The van der Waals surface area contributed by atoms with E-state index in [1.165, 1.54) is 0 Å². The monoisotopic (exact) mass is 297 g/mol. The molecule has 4 heteroatoms. The lowest BCUT2D eigenvalue weighted by Crippen LogP contribution is -2.01. The molecule has 3 nitrogen and oxygen atoms in total. The van der Waals surface area contributed by atoms with Crippen molar-refractivity contribution in [2.24, 2.45) is 0 Å². The quantitative estimate of drug-likeness (QED) is 0.771. The minimum Gasteiger partial charge on any atom is -0.381 e. The van der Waals surface area contributed by atoms with Crippen LogP contribution in [0.1, 0.15) is 11.1 Å². The zero-order chi connectivity index (χ0) is 14.7. The molecule has 3 rings (SSSR count). The van der Waals surface area contributed by atoms with Crippen molar-refractivity contribution in [3.63, 3.8) is 0 Å². The molecule has 0 amide bonds. The number of aromatic nitrogens is 2. The van der Waals surface area contributed by atoms with Gasteiger partial charge in [0.1, 0.15) is 0 Å². The maximum atomic E-state index is 6.15. The molecule has 0 bridgehead atoms. The van der Waals surface area contributed by atoms with E-state index in [-0.39, 0.29) is 0 Å². The summed E-state index contributed by atoms with van der Waals surface area (Å²) in [5.41, 5.74) is 4.35. The van der Waals surface area contributed by atoms with E-state index in [0.717, 1.165) is 34.1 Å². The van der Waals surface area contributed by atoms with E-state index in [4.69, 9.17) is 11.6 Å². The Balaban J connectivity index is 1.73. The Morgan fingerprint density at radius 3 is 2.81 bits per heavy atom. The number of aryl methyl sites for hydroxylation is 1. The molecule has 0 aliphatic carbocycles. The first-order valence-corrected chi connectivity index (χ1v) is 7.19. The van der Waals surface area contributed by atoms with Crippen LogP contribution in [0.4, 0.5) is 5.69 Å². The number of nitrogens with zero attached hydrogens (tertiary/aromatic N) is 2. The molecule has 0 aliphatic rings. The van der Waals surface area contributed by atoms with Crippen LogP contribution in [0.25, 0.3) is 5.69 Å². The number of hydrogen-bond acceptors (Lipinski definition) is 2. The molecule has 3 aromatic rings. The number of benzene rings is 2. The summed E-state index contributed by atoms with van der Waals surface area (Å²) in [5.74, 6) is 0. The Kier molecular flexibility index (Phi) is 3.93. The molecular formula is C17H16ClN3. The van der Waals surface area contributed by atoms with E-state index in [0.29, 0.717) is 0 Å². The Morgan fingerprint density at radius 1 is 1.14 bits per heavy atom. The largest absolute Gasteiger partial charge is 0.381 e. The molecule has 106 valence electrons. The summed E-state index contributed by atoms with van der Waals surface area (Å²) < 4.78 is 1.84. The van der Waals surface area contributed by atoms with Gasteiger partial charge in [-0.15, -0.1) is 0 Å². The fourth-order valence-electron chi connectivity index (χ4n) is 2.13. The molecule has 0 fully saturated rings. The van der Waals surface area contributed by atoms with Crippen LogP contribution in [0.3, 0.4) is 0 Å². The molecule has 1 aromatic heterocycles. The number of halogens is 1. The van der Waals surface area contributed by atoms with Crippen molar-refractivity contribution in [1.82, 2.24) is 9.78 Å². The zero-order valence-electron chi connectivity index (χ0n) is 11.8. The smallest absolute Gasteiger partial charge is 0.0666 e. The first-order valence-electron chi connectivity index (χ1n) is 6.81. The fraction of sp³-hybridized carbons (Fsp3) is 0.118. The number of rotatable bonds is 4. The highest BCUT2D eigenvalue weighted by Crippen LogP contribution is 2.19. The van der Waals surface area contributed by atoms with Crippen molar-refractivity contribution in [2.45, 2.75) is 13.5 Å². The van der Waals surface area contributed by atoms with Crippen LogP contribution in [0, 0.1) is 6.92 Å². The first-order chi connectivity index (χ1) is 10.2. The average Bonchev–Trinajstić information content (AvgIpc) is 3.03. The van der Waals surface area contributed by atoms with E-state index < -0.39 is 0 Å². The van der Waals surface area contributed by atoms with Crippen LogP contribution in [0.2, 0.25) is 5.02 Å². The summed E-state index contributed by atoms with van der Waals surface area (Å²) in [6.07, 6.45) is 3.70. The van der Waals surface area contributed by atoms with E-state index in [9.17, 15) is 0 Å². The standard InChI is InChI=1S/C17H16ClN3/c1-13-6-7-14(10-17(13)18)12-19-15-4-2-5-16(11-15)21-9-3-8-20-21/h2-11,19H,12H2,1H3. The summed E-state index contributed by atoms with van der Waals surface area (Å²) in [6, 6.07) is 16.2. The molecule has 0 atom stereocenters. The van der Waals surface area contributed by atoms with Gasteiger partial charge in [-0.1, -0.05) is 29.8 Å². The van der Waals surface area contributed by atoms with Gasteiger partial charge in [-0.05, 0) is 48.4 Å². The molecule has 0 aliphatic heterocycles. The minimum atomic E-state index is 0.739. The normalized spacial score (nSPS) is 10.6. The maximum Gasteiger partial charge on any atom is 0.0666 e. The van der Waals surface area contributed by atoms with Gasteiger partial charge < -0.3 is 5.32 Å². The SMILES string of the molecule is Cc1ccc(CNc2cccc(-n3cccn3)c2)cc1Cl. The second-order valence-electron chi connectivity index (χ2n) is 4.94. The predicted octanol–water partition coefficient (Wildman–Crippen LogP) is 4.45. The average molecular weight is 298 g/mol. The van der Waals surface area contributed by atoms with E-state index >= 15 is 0 Å². The highest BCUT2D eigenvalue weighted by atomic mass is 35.5. The van der Waals surface area contributed by atoms with Gasteiger partial charge in [-0.2, -0.15) is 5.10 Å². The Hall–Kier alpha value is -2.26. The van der Waals surface area contributed by atoms with Crippen LogP contribution < -0.4 is 5.32 Å². The summed E-state index contributed by atoms with van der Waals surface area (Å²) in [4.78, 5) is 0. The van der Waals surface area contributed by atoms with Gasteiger partial charge in [0.05, 0.1) is 5.69 Å². The summed E-state index contributed by atoms with van der Waals surface area (Å²) in [5, 5.41) is 8.45. The molecule has 1 heterocycles. The second-order valence-corrected chi connectivity index (χ2v) is 5.35. The minimum absolute atomic E-state index is 0.739. The van der Waals surface area contributed by atoms with Crippen molar-refractivity contribution >= 4 is 17.3 Å². The van der Waals surface area contributed by atoms with Crippen molar-refractivity contribution in [2.75, 3.05) is 5.32 Å². The molecule has 0 saturated carbocycles. The van der Waals surface area contributed by atoms with Gasteiger partial charge in [-0.3, -0.25) is 0 Å². The number of nitrogens with one attached hydrogen (secondary N) is 1. The van der Waals surface area contributed by atoms with Gasteiger partial charge in [0, 0.05) is 29.6 Å². The van der Waals surface area contributed by atoms with Crippen molar-refractivity contribution in [1.29, 1.82) is 0 Å². The van der Waals surface area contributed by atoms with E-state index in [1.54, 1.807) is 6.20 Å². The van der Waals surface area contributed by atoms with Crippen LogP contribution in [0.5, 0.6) is 0 Å². The van der Waals surface area contributed by atoms with E-state index in [1.807, 2.05) is 54.2 Å². The lowest BCUT2D eigenvalue weighted by Gasteiger charge is -2.09. The van der Waals surface area contributed by atoms with Crippen molar-refractivity contribution < 1.29 is 0 Å². The Morgan fingerprint density at radius 2 is 2.05 bits per heavy atom. The molecular weight excluding hydrogens is 282 g/mol. The third-order valence-electron chi connectivity index (χ3n) is 3.35. The van der Waals surface area contributed by atoms with Gasteiger partial charge in [0.15, 0.2) is 0 Å². The topological polar surface area (TPSA) is 29.9 Å². The van der Waals surface area contributed by atoms with Gasteiger partial charge in [-0.25, -0.2) is 4.68 Å². The maximum absolute atomic E-state index is 6.15. The fourth-order valence-corrected chi connectivity index (χ4v) is 2.33. The van der Waals surface area contributed by atoms with Crippen molar-refractivity contribution in [3.8, 4) is 5.69 Å². The predicted molar refractivity (Wildman–Crippen MR) is 87.1 cm³/mol. The zero-order valence-corrected chi connectivity index (χ0v) is 12.5. The molecule has 1 N–H and O–H groups in total. The van der Waals surface area contributed by atoms with Crippen LogP contribution in [-0.2, 0) is 6.54 Å². The lowest BCUT2D eigenvalue weighted by molar-refractivity contribution is 0.880. The molecule has 0 radical (unpaired) electrons. The third-order valence-corrected chi connectivity index (χ3v) is 3.76. The Bertz CT molecular complexity index is 736. The van der Waals surface area contributed by atoms with Crippen LogP contribution in [0.15, 0.2) is 60.9 Å². The highest BCUT2D eigenvalue weighted by Gasteiger charge is 2.00.